The number of rotatable bonds is 5. The van der Waals surface area contributed by atoms with Crippen LogP contribution in [0, 0.1) is 0 Å². The van der Waals surface area contributed by atoms with E-state index in [4.69, 9.17) is 0 Å². The lowest BCUT2D eigenvalue weighted by Gasteiger charge is -2.36. The summed E-state index contributed by atoms with van der Waals surface area (Å²) >= 11 is 3.01. The van der Waals surface area contributed by atoms with E-state index in [9.17, 15) is 9.59 Å². The average Bonchev–Trinajstić information content (AvgIpc) is 3.50. The molecule has 0 saturated carbocycles. The summed E-state index contributed by atoms with van der Waals surface area (Å²) in [6.45, 7) is 2.91. The summed E-state index contributed by atoms with van der Waals surface area (Å²) in [5.74, 6) is -0.271. The number of hydrogen-bond acceptors (Lipinski definition) is 6. The molecule has 32 heavy (non-hydrogen) atoms. The zero-order valence-corrected chi connectivity index (χ0v) is 19.0. The number of carbonyl (C=O) groups is 2. The quantitative estimate of drug-likeness (QED) is 0.485. The van der Waals surface area contributed by atoms with Crippen molar-refractivity contribution in [1.29, 1.82) is 0 Å². The molecule has 0 spiro atoms. The van der Waals surface area contributed by atoms with Crippen molar-refractivity contribution in [3.8, 4) is 9.88 Å². The summed E-state index contributed by atoms with van der Waals surface area (Å²) in [6.07, 6.45) is 0. The number of benzene rings is 2. The molecule has 3 heterocycles. The van der Waals surface area contributed by atoms with E-state index < -0.39 is 0 Å². The van der Waals surface area contributed by atoms with Crippen LogP contribution in [0.2, 0.25) is 0 Å². The van der Waals surface area contributed by atoms with Crippen LogP contribution in [0.3, 0.4) is 0 Å². The first-order chi connectivity index (χ1) is 15.7. The third-order valence-electron chi connectivity index (χ3n) is 5.49. The van der Waals surface area contributed by atoms with Crippen LogP contribution in [0.15, 0.2) is 66.7 Å². The van der Waals surface area contributed by atoms with Crippen LogP contribution < -0.4 is 10.2 Å². The van der Waals surface area contributed by atoms with E-state index in [1.165, 1.54) is 17.0 Å². The average molecular weight is 463 g/mol. The summed E-state index contributed by atoms with van der Waals surface area (Å²) in [4.78, 5) is 35.5. The zero-order valence-electron chi connectivity index (χ0n) is 17.4. The van der Waals surface area contributed by atoms with E-state index in [1.54, 1.807) is 17.4 Å². The molecule has 1 fully saturated rings. The number of fused-ring (bicyclic) bond motifs is 1. The fourth-order valence-electron chi connectivity index (χ4n) is 3.76. The van der Waals surface area contributed by atoms with Crippen molar-refractivity contribution in [1.82, 2.24) is 15.2 Å². The molecular formula is C24H22N4O2S2. The molecule has 0 radical (unpaired) electrons. The molecule has 1 saturated heterocycles. The SMILES string of the molecule is O=C(NCC(=O)N1CCN(c2ccccc2)CC1)c1ccc(-c2nc3ccccc3s2)s1. The van der Waals surface area contributed by atoms with Gasteiger partial charge in [-0.3, -0.25) is 9.59 Å². The van der Waals surface area contributed by atoms with Crippen LogP contribution in [-0.4, -0.2) is 54.4 Å². The Kier molecular flexibility index (Phi) is 5.87. The second kappa shape index (κ2) is 9.10. The highest BCUT2D eigenvalue weighted by Gasteiger charge is 2.22. The molecule has 6 nitrogen and oxygen atoms in total. The van der Waals surface area contributed by atoms with E-state index in [1.807, 2.05) is 53.4 Å². The minimum Gasteiger partial charge on any atom is -0.368 e. The molecule has 2 aromatic heterocycles. The maximum absolute atomic E-state index is 12.6. The van der Waals surface area contributed by atoms with Crippen molar-refractivity contribution in [2.24, 2.45) is 0 Å². The number of hydrogen-bond donors (Lipinski definition) is 1. The van der Waals surface area contributed by atoms with Crippen molar-refractivity contribution in [2.75, 3.05) is 37.6 Å². The molecule has 0 aliphatic carbocycles. The Morgan fingerprint density at radius 1 is 0.875 bits per heavy atom. The van der Waals surface area contributed by atoms with Crippen molar-refractivity contribution in [3.63, 3.8) is 0 Å². The Labute approximate surface area is 194 Å². The third kappa shape index (κ3) is 4.37. The Hall–Kier alpha value is -3.23. The van der Waals surface area contributed by atoms with E-state index in [2.05, 4.69) is 27.3 Å². The second-order valence-corrected chi connectivity index (χ2v) is 9.65. The number of amides is 2. The summed E-state index contributed by atoms with van der Waals surface area (Å²) in [6, 6.07) is 21.9. The van der Waals surface area contributed by atoms with Crippen molar-refractivity contribution in [3.05, 3.63) is 71.6 Å². The highest BCUT2D eigenvalue weighted by Crippen LogP contribution is 2.34. The van der Waals surface area contributed by atoms with Crippen LogP contribution in [-0.2, 0) is 4.79 Å². The maximum atomic E-state index is 12.6. The van der Waals surface area contributed by atoms with Crippen LogP contribution in [0.25, 0.3) is 20.1 Å². The molecular weight excluding hydrogens is 440 g/mol. The smallest absolute Gasteiger partial charge is 0.261 e. The van der Waals surface area contributed by atoms with Gasteiger partial charge in [0.15, 0.2) is 0 Å². The van der Waals surface area contributed by atoms with Gasteiger partial charge in [0, 0.05) is 31.9 Å². The van der Waals surface area contributed by atoms with Gasteiger partial charge in [-0.25, -0.2) is 4.98 Å². The topological polar surface area (TPSA) is 65.5 Å². The molecule has 1 N–H and O–H groups in total. The largest absolute Gasteiger partial charge is 0.368 e. The molecule has 0 bridgehead atoms. The van der Waals surface area contributed by atoms with E-state index in [0.717, 1.165) is 33.2 Å². The summed E-state index contributed by atoms with van der Waals surface area (Å²) in [5.41, 5.74) is 2.14. The first-order valence-electron chi connectivity index (χ1n) is 10.5. The monoisotopic (exact) mass is 462 g/mol. The first kappa shape index (κ1) is 20.7. The number of thiazole rings is 1. The van der Waals surface area contributed by atoms with Gasteiger partial charge in [0.1, 0.15) is 5.01 Å². The fraction of sp³-hybridized carbons (Fsp3) is 0.208. The number of anilines is 1. The summed E-state index contributed by atoms with van der Waals surface area (Å²) < 4.78 is 1.12. The van der Waals surface area contributed by atoms with Gasteiger partial charge in [-0.2, -0.15) is 0 Å². The van der Waals surface area contributed by atoms with Gasteiger partial charge in [-0.1, -0.05) is 30.3 Å². The lowest BCUT2D eigenvalue weighted by molar-refractivity contribution is -0.130. The Morgan fingerprint density at radius 2 is 1.62 bits per heavy atom. The Balaban J connectivity index is 1.15. The molecule has 2 aromatic carbocycles. The summed E-state index contributed by atoms with van der Waals surface area (Å²) in [5, 5.41) is 3.69. The van der Waals surface area contributed by atoms with Gasteiger partial charge in [-0.15, -0.1) is 22.7 Å². The van der Waals surface area contributed by atoms with Crippen LogP contribution >= 0.6 is 22.7 Å². The number of thiophene rings is 1. The van der Waals surface area contributed by atoms with Crippen molar-refractivity contribution in [2.45, 2.75) is 0 Å². The van der Waals surface area contributed by atoms with E-state index in [-0.39, 0.29) is 18.4 Å². The van der Waals surface area contributed by atoms with Crippen molar-refractivity contribution < 1.29 is 9.59 Å². The van der Waals surface area contributed by atoms with Gasteiger partial charge in [0.05, 0.1) is 26.5 Å². The minimum atomic E-state index is -0.223. The number of piperazine rings is 1. The first-order valence-corrected chi connectivity index (χ1v) is 12.1. The Bertz CT molecular complexity index is 1210. The molecule has 2 amide bonds. The third-order valence-corrected chi connectivity index (χ3v) is 7.78. The van der Waals surface area contributed by atoms with Gasteiger partial charge in [0.25, 0.3) is 5.91 Å². The molecule has 1 aliphatic rings. The molecule has 162 valence electrons. The number of carbonyl (C=O) groups excluding carboxylic acids is 2. The molecule has 5 rings (SSSR count). The van der Waals surface area contributed by atoms with Gasteiger partial charge < -0.3 is 15.1 Å². The van der Waals surface area contributed by atoms with E-state index >= 15 is 0 Å². The Morgan fingerprint density at radius 3 is 2.41 bits per heavy atom. The molecule has 1 aliphatic heterocycles. The summed E-state index contributed by atoms with van der Waals surface area (Å²) in [7, 11) is 0. The standard InChI is InChI=1S/C24H22N4O2S2/c29-22(28-14-12-27(13-15-28)17-6-2-1-3-7-17)16-25-23(30)20-10-11-21(31-20)24-26-18-8-4-5-9-19(18)32-24/h1-11H,12-16H2,(H,25,30). The predicted molar refractivity (Wildman–Crippen MR) is 131 cm³/mol. The van der Waals surface area contributed by atoms with Gasteiger partial charge >= 0.3 is 0 Å². The molecule has 0 atom stereocenters. The van der Waals surface area contributed by atoms with E-state index in [0.29, 0.717) is 18.0 Å². The lowest BCUT2D eigenvalue weighted by Crippen LogP contribution is -2.51. The number of aromatic nitrogens is 1. The highest BCUT2D eigenvalue weighted by atomic mass is 32.1. The maximum Gasteiger partial charge on any atom is 0.261 e. The zero-order chi connectivity index (χ0) is 21.9. The highest BCUT2D eigenvalue weighted by molar-refractivity contribution is 7.26. The molecule has 0 unspecified atom stereocenters. The normalized spacial score (nSPS) is 14.0. The van der Waals surface area contributed by atoms with Crippen molar-refractivity contribution >= 4 is 50.4 Å². The van der Waals surface area contributed by atoms with Gasteiger partial charge in [0.2, 0.25) is 5.91 Å². The fourth-order valence-corrected chi connectivity index (χ4v) is 5.70. The van der Waals surface area contributed by atoms with Gasteiger partial charge in [-0.05, 0) is 36.4 Å². The lowest BCUT2D eigenvalue weighted by atomic mass is 10.2. The molecule has 8 heteroatoms. The second-order valence-electron chi connectivity index (χ2n) is 7.54. The number of nitrogens with zero attached hydrogens (tertiary/aromatic N) is 3. The van der Waals surface area contributed by atoms with Crippen LogP contribution in [0.1, 0.15) is 9.67 Å². The minimum absolute atomic E-state index is 0.0124. The number of nitrogens with one attached hydrogen (secondary N) is 1. The van der Waals surface area contributed by atoms with Crippen LogP contribution in [0.4, 0.5) is 5.69 Å². The number of para-hydroxylation sites is 2. The van der Waals surface area contributed by atoms with Crippen LogP contribution in [0.5, 0.6) is 0 Å². The molecule has 4 aromatic rings. The predicted octanol–water partition coefficient (Wildman–Crippen LogP) is 4.10.